The zero-order chi connectivity index (χ0) is 12.7. The number of para-hydroxylation sites is 1. The molecule has 0 bridgehead atoms. The molecule has 2 heterocycles. The molecule has 2 atom stereocenters. The van der Waals surface area contributed by atoms with E-state index in [1.54, 1.807) is 0 Å². The fourth-order valence-corrected chi connectivity index (χ4v) is 3.04. The van der Waals surface area contributed by atoms with Gasteiger partial charge in [-0.3, -0.25) is 4.79 Å². The number of aromatic nitrogens is 1. The van der Waals surface area contributed by atoms with Gasteiger partial charge in [0, 0.05) is 28.6 Å². The molecule has 2 unspecified atom stereocenters. The fraction of sp³-hybridized carbons (Fsp3) is 0.308. The van der Waals surface area contributed by atoms with Crippen molar-refractivity contribution in [3.05, 3.63) is 34.4 Å². The number of benzene rings is 1. The van der Waals surface area contributed by atoms with Gasteiger partial charge >= 0.3 is 5.97 Å². The van der Waals surface area contributed by atoms with Crippen molar-refractivity contribution < 1.29 is 9.90 Å². The first kappa shape index (κ1) is 11.7. The first-order chi connectivity index (χ1) is 8.66. The highest BCUT2D eigenvalue weighted by atomic mass is 79.9. The van der Waals surface area contributed by atoms with Crippen LogP contribution in [-0.2, 0) is 4.79 Å². The number of fused-ring (bicyclic) bond motifs is 1. The summed E-state index contributed by atoms with van der Waals surface area (Å²) in [7, 11) is 0. The Kier molecular flexibility index (Phi) is 2.87. The molecule has 0 saturated carbocycles. The standard InChI is InChI=1S/C13H13BrN2O2/c14-10-6-16-12-8(10)2-1-3-9(12)11-4-7(5-15-11)13(17)18/h1-3,6-7,11,15-16H,4-5H2,(H,17,18). The summed E-state index contributed by atoms with van der Waals surface area (Å²) in [6.07, 6.45) is 2.56. The van der Waals surface area contributed by atoms with Crippen LogP contribution in [0.15, 0.2) is 28.9 Å². The Balaban J connectivity index is 1.98. The van der Waals surface area contributed by atoms with Crippen LogP contribution in [0.3, 0.4) is 0 Å². The van der Waals surface area contributed by atoms with Gasteiger partial charge in [0.25, 0.3) is 0 Å². The maximum Gasteiger partial charge on any atom is 0.307 e. The average molecular weight is 309 g/mol. The number of hydrogen-bond acceptors (Lipinski definition) is 2. The average Bonchev–Trinajstić information content (AvgIpc) is 2.97. The lowest BCUT2D eigenvalue weighted by molar-refractivity contribution is -0.141. The van der Waals surface area contributed by atoms with Crippen molar-refractivity contribution in [3.8, 4) is 0 Å². The van der Waals surface area contributed by atoms with Crippen molar-refractivity contribution >= 4 is 32.8 Å². The minimum absolute atomic E-state index is 0.111. The predicted molar refractivity (Wildman–Crippen MR) is 72.5 cm³/mol. The van der Waals surface area contributed by atoms with Gasteiger partial charge < -0.3 is 15.4 Å². The topological polar surface area (TPSA) is 65.1 Å². The third kappa shape index (κ3) is 1.83. The molecule has 4 nitrogen and oxygen atoms in total. The lowest BCUT2D eigenvalue weighted by Gasteiger charge is -2.11. The molecule has 1 fully saturated rings. The van der Waals surface area contributed by atoms with Gasteiger partial charge in [-0.05, 0) is 27.9 Å². The van der Waals surface area contributed by atoms with Gasteiger partial charge in [0.15, 0.2) is 0 Å². The second-order valence-corrected chi connectivity index (χ2v) is 5.49. The lowest BCUT2D eigenvalue weighted by Crippen LogP contribution is -2.17. The van der Waals surface area contributed by atoms with Gasteiger partial charge in [-0.15, -0.1) is 0 Å². The van der Waals surface area contributed by atoms with Crippen molar-refractivity contribution in [2.24, 2.45) is 5.92 Å². The Morgan fingerprint density at radius 3 is 3.00 bits per heavy atom. The van der Waals surface area contributed by atoms with Gasteiger partial charge in [0.05, 0.1) is 11.4 Å². The number of nitrogens with one attached hydrogen (secondary N) is 2. The maximum absolute atomic E-state index is 11.0. The number of aliphatic carboxylic acids is 1. The molecule has 3 rings (SSSR count). The Morgan fingerprint density at radius 1 is 1.44 bits per heavy atom. The van der Waals surface area contributed by atoms with Crippen LogP contribution in [-0.4, -0.2) is 22.6 Å². The summed E-state index contributed by atoms with van der Waals surface area (Å²) in [5.74, 6) is -1.01. The number of aromatic amines is 1. The number of hydrogen-bond donors (Lipinski definition) is 3. The van der Waals surface area contributed by atoms with Gasteiger partial charge in [-0.25, -0.2) is 0 Å². The van der Waals surface area contributed by atoms with Crippen LogP contribution in [0.1, 0.15) is 18.0 Å². The number of H-pyrrole nitrogens is 1. The minimum atomic E-state index is -0.718. The minimum Gasteiger partial charge on any atom is -0.481 e. The van der Waals surface area contributed by atoms with Crippen LogP contribution in [0.5, 0.6) is 0 Å². The van der Waals surface area contributed by atoms with Gasteiger partial charge in [-0.1, -0.05) is 18.2 Å². The first-order valence-electron chi connectivity index (χ1n) is 5.88. The molecular formula is C13H13BrN2O2. The monoisotopic (exact) mass is 308 g/mol. The fourth-order valence-electron chi connectivity index (χ4n) is 2.59. The molecule has 0 spiro atoms. The molecule has 5 heteroatoms. The van der Waals surface area contributed by atoms with E-state index >= 15 is 0 Å². The second kappa shape index (κ2) is 4.40. The predicted octanol–water partition coefficient (Wildman–Crippen LogP) is 2.67. The number of carboxylic acid groups (broad SMARTS) is 1. The molecule has 94 valence electrons. The molecule has 0 radical (unpaired) electrons. The third-order valence-electron chi connectivity index (χ3n) is 3.55. The molecule has 0 amide bonds. The van der Waals surface area contributed by atoms with E-state index in [9.17, 15) is 4.79 Å². The van der Waals surface area contributed by atoms with E-state index in [0.29, 0.717) is 13.0 Å². The van der Waals surface area contributed by atoms with Crippen molar-refractivity contribution in [1.29, 1.82) is 0 Å². The van der Waals surface area contributed by atoms with Crippen LogP contribution in [0.25, 0.3) is 10.9 Å². The number of rotatable bonds is 2. The molecular weight excluding hydrogens is 296 g/mol. The Labute approximate surface area is 113 Å². The van der Waals surface area contributed by atoms with Crippen molar-refractivity contribution in [3.63, 3.8) is 0 Å². The normalized spacial score (nSPS) is 23.6. The summed E-state index contributed by atoms with van der Waals surface area (Å²) in [4.78, 5) is 14.2. The molecule has 1 aromatic heterocycles. The van der Waals surface area contributed by atoms with E-state index in [1.807, 2.05) is 24.4 Å². The van der Waals surface area contributed by atoms with Crippen molar-refractivity contribution in [1.82, 2.24) is 10.3 Å². The number of carboxylic acids is 1. The van der Waals surface area contributed by atoms with E-state index in [4.69, 9.17) is 5.11 Å². The zero-order valence-electron chi connectivity index (χ0n) is 9.61. The molecule has 18 heavy (non-hydrogen) atoms. The SMILES string of the molecule is O=C(O)C1CNC(c2cccc3c(Br)c[nH]c23)C1. The van der Waals surface area contributed by atoms with Crippen LogP contribution in [0.2, 0.25) is 0 Å². The molecule has 1 aromatic carbocycles. The highest BCUT2D eigenvalue weighted by Crippen LogP contribution is 2.34. The number of halogens is 1. The van der Waals surface area contributed by atoms with E-state index in [1.165, 1.54) is 0 Å². The Morgan fingerprint density at radius 2 is 2.28 bits per heavy atom. The Bertz CT molecular complexity index is 608. The zero-order valence-corrected chi connectivity index (χ0v) is 11.2. The van der Waals surface area contributed by atoms with E-state index in [-0.39, 0.29) is 12.0 Å². The van der Waals surface area contributed by atoms with Crippen LogP contribution in [0, 0.1) is 5.92 Å². The molecule has 1 saturated heterocycles. The third-order valence-corrected chi connectivity index (χ3v) is 4.21. The largest absolute Gasteiger partial charge is 0.481 e. The molecule has 1 aliphatic rings. The highest BCUT2D eigenvalue weighted by molar-refractivity contribution is 9.10. The molecule has 2 aromatic rings. The highest BCUT2D eigenvalue weighted by Gasteiger charge is 2.31. The van der Waals surface area contributed by atoms with Crippen LogP contribution in [0.4, 0.5) is 0 Å². The van der Waals surface area contributed by atoms with Crippen molar-refractivity contribution in [2.45, 2.75) is 12.5 Å². The second-order valence-electron chi connectivity index (χ2n) is 4.64. The van der Waals surface area contributed by atoms with E-state index in [0.717, 1.165) is 20.9 Å². The smallest absolute Gasteiger partial charge is 0.307 e. The van der Waals surface area contributed by atoms with Gasteiger partial charge in [-0.2, -0.15) is 0 Å². The lowest BCUT2D eigenvalue weighted by atomic mass is 9.98. The molecule has 3 N–H and O–H groups in total. The molecule has 1 aliphatic heterocycles. The molecule has 0 aliphatic carbocycles. The Hall–Kier alpha value is -1.33. The quantitative estimate of drug-likeness (QED) is 0.799. The van der Waals surface area contributed by atoms with Gasteiger partial charge in [0.1, 0.15) is 0 Å². The van der Waals surface area contributed by atoms with Crippen LogP contribution >= 0.6 is 15.9 Å². The first-order valence-corrected chi connectivity index (χ1v) is 6.68. The summed E-state index contributed by atoms with van der Waals surface area (Å²) in [5, 5.41) is 13.5. The van der Waals surface area contributed by atoms with Crippen LogP contribution < -0.4 is 5.32 Å². The summed E-state index contributed by atoms with van der Waals surface area (Å²) in [5.41, 5.74) is 2.22. The number of carbonyl (C=O) groups is 1. The summed E-state index contributed by atoms with van der Waals surface area (Å²) < 4.78 is 1.03. The summed E-state index contributed by atoms with van der Waals surface area (Å²) in [6, 6.07) is 6.21. The van der Waals surface area contributed by atoms with E-state index < -0.39 is 5.97 Å². The van der Waals surface area contributed by atoms with Crippen molar-refractivity contribution in [2.75, 3.05) is 6.54 Å². The maximum atomic E-state index is 11.0. The summed E-state index contributed by atoms with van der Waals surface area (Å²) in [6.45, 7) is 0.540. The van der Waals surface area contributed by atoms with Gasteiger partial charge in [0.2, 0.25) is 0 Å². The van der Waals surface area contributed by atoms with E-state index in [2.05, 4.69) is 26.2 Å². The summed E-state index contributed by atoms with van der Waals surface area (Å²) >= 11 is 3.50.